The molecule has 2 amide bonds. The Balaban J connectivity index is 1.35. The number of anilines is 3. The standard InChI is InChI=1S/C28H27N7O4/c1-3-23(36)32-20-8-6-19(7-9-20)30-14-16-39-22-11-10-21-24(25(22)38-2)33-28(35-15-13-31-26(21)35)34-27(37)18-5-4-12-29-17-18/h3-12,17,30-31H,1,13-16H2,2H3,(H,32,36). The van der Waals surface area contributed by atoms with Crippen LogP contribution in [0.1, 0.15) is 10.4 Å². The van der Waals surface area contributed by atoms with Crippen LogP contribution in [0.2, 0.25) is 0 Å². The van der Waals surface area contributed by atoms with Crippen molar-refractivity contribution in [1.29, 1.82) is 0 Å². The first-order valence-electron chi connectivity index (χ1n) is 12.3. The van der Waals surface area contributed by atoms with E-state index in [4.69, 9.17) is 14.5 Å². The molecule has 1 aliphatic rings. The van der Waals surface area contributed by atoms with Crippen LogP contribution in [0.3, 0.4) is 0 Å². The first-order valence-corrected chi connectivity index (χ1v) is 12.3. The molecule has 11 nitrogen and oxygen atoms in total. The summed E-state index contributed by atoms with van der Waals surface area (Å²) in [7, 11) is 1.56. The van der Waals surface area contributed by atoms with E-state index < -0.39 is 5.91 Å². The number of carbonyl (C=O) groups excluding carboxylic acids is 2. The highest BCUT2D eigenvalue weighted by molar-refractivity contribution is 5.99. The minimum Gasteiger partial charge on any atom is -0.491 e. The third kappa shape index (κ3) is 5.57. The zero-order chi connectivity index (χ0) is 27.2. The number of fused-ring (bicyclic) bond motifs is 3. The van der Waals surface area contributed by atoms with Gasteiger partial charge in [-0.05, 0) is 54.6 Å². The second-order valence-electron chi connectivity index (χ2n) is 8.54. The van der Waals surface area contributed by atoms with Crippen LogP contribution in [0.4, 0.5) is 17.2 Å². The molecule has 0 saturated carbocycles. The van der Waals surface area contributed by atoms with Crippen LogP contribution in [0.15, 0.2) is 78.6 Å². The SMILES string of the molecule is C=CC(=O)Nc1ccc(NCCOc2ccc3c4n(c(=NC(=O)c5cccnc5)nc3c2OC)CCN4)cc1. The van der Waals surface area contributed by atoms with E-state index in [1.54, 1.807) is 37.6 Å². The maximum Gasteiger partial charge on any atom is 0.281 e. The van der Waals surface area contributed by atoms with Gasteiger partial charge in [0.25, 0.3) is 5.91 Å². The minimum absolute atomic E-state index is 0.261. The predicted octanol–water partition coefficient (Wildman–Crippen LogP) is 3.22. The predicted molar refractivity (Wildman–Crippen MR) is 148 cm³/mol. The molecule has 198 valence electrons. The van der Waals surface area contributed by atoms with Crippen LogP contribution in [0.5, 0.6) is 11.5 Å². The Morgan fingerprint density at radius 3 is 2.74 bits per heavy atom. The van der Waals surface area contributed by atoms with E-state index in [2.05, 4.69) is 32.5 Å². The lowest BCUT2D eigenvalue weighted by atomic mass is 10.2. The van der Waals surface area contributed by atoms with Crippen molar-refractivity contribution in [3.63, 3.8) is 0 Å². The number of benzene rings is 2. The van der Waals surface area contributed by atoms with E-state index in [0.29, 0.717) is 54.5 Å². The van der Waals surface area contributed by atoms with Crippen LogP contribution >= 0.6 is 0 Å². The zero-order valence-electron chi connectivity index (χ0n) is 21.3. The van der Waals surface area contributed by atoms with Gasteiger partial charge in [0.1, 0.15) is 17.9 Å². The van der Waals surface area contributed by atoms with Crippen molar-refractivity contribution in [2.75, 3.05) is 42.8 Å². The number of aromatic nitrogens is 3. The summed E-state index contributed by atoms with van der Waals surface area (Å²) in [5, 5.41) is 10.2. The zero-order valence-corrected chi connectivity index (χ0v) is 21.3. The van der Waals surface area contributed by atoms with Crippen molar-refractivity contribution in [2.24, 2.45) is 4.99 Å². The number of rotatable bonds is 9. The lowest BCUT2D eigenvalue weighted by Gasteiger charge is -2.15. The smallest absolute Gasteiger partial charge is 0.281 e. The van der Waals surface area contributed by atoms with Gasteiger partial charge < -0.3 is 25.4 Å². The molecule has 0 fully saturated rings. The molecule has 4 aromatic rings. The number of hydrogen-bond acceptors (Lipinski definition) is 8. The number of nitrogens with zero attached hydrogens (tertiary/aromatic N) is 4. The molecular formula is C28H27N7O4. The maximum atomic E-state index is 12.8. The van der Waals surface area contributed by atoms with E-state index in [1.807, 2.05) is 28.8 Å². The number of nitrogens with one attached hydrogen (secondary N) is 3. The molecule has 11 heteroatoms. The average Bonchev–Trinajstić information content (AvgIpc) is 3.47. The van der Waals surface area contributed by atoms with Crippen molar-refractivity contribution >= 4 is 39.9 Å². The summed E-state index contributed by atoms with van der Waals surface area (Å²) in [5.41, 5.74) is 2.76. The minimum atomic E-state index is -0.426. The van der Waals surface area contributed by atoms with Crippen molar-refractivity contribution in [3.05, 3.63) is 84.8 Å². The number of amides is 2. The first-order chi connectivity index (χ1) is 19.1. The summed E-state index contributed by atoms with van der Waals surface area (Å²) in [6.07, 6.45) is 4.30. The van der Waals surface area contributed by atoms with Crippen LogP contribution < -0.4 is 31.0 Å². The van der Waals surface area contributed by atoms with Crippen LogP contribution in [-0.4, -0.2) is 53.2 Å². The van der Waals surface area contributed by atoms with Crippen LogP contribution in [0, 0.1) is 0 Å². The monoisotopic (exact) mass is 525 g/mol. The molecule has 5 rings (SSSR count). The van der Waals surface area contributed by atoms with Gasteiger partial charge in [-0.25, -0.2) is 4.98 Å². The molecule has 0 bridgehead atoms. The van der Waals surface area contributed by atoms with Gasteiger partial charge in [-0.15, -0.1) is 0 Å². The van der Waals surface area contributed by atoms with Gasteiger partial charge in [-0.3, -0.25) is 19.1 Å². The van der Waals surface area contributed by atoms with Crippen molar-refractivity contribution in [2.45, 2.75) is 6.54 Å². The number of methoxy groups -OCH3 is 1. The highest BCUT2D eigenvalue weighted by atomic mass is 16.5. The summed E-state index contributed by atoms with van der Waals surface area (Å²) in [5.74, 6) is 1.11. The Morgan fingerprint density at radius 2 is 2.00 bits per heavy atom. The molecule has 0 atom stereocenters. The van der Waals surface area contributed by atoms with E-state index in [9.17, 15) is 9.59 Å². The number of hydrogen-bond donors (Lipinski definition) is 3. The molecule has 39 heavy (non-hydrogen) atoms. The Kier molecular flexibility index (Phi) is 7.48. The average molecular weight is 526 g/mol. The molecule has 0 aliphatic carbocycles. The third-order valence-electron chi connectivity index (χ3n) is 6.04. The van der Waals surface area contributed by atoms with Crippen molar-refractivity contribution < 1.29 is 19.1 Å². The van der Waals surface area contributed by atoms with Gasteiger partial charge in [-0.1, -0.05) is 6.58 Å². The van der Waals surface area contributed by atoms with E-state index >= 15 is 0 Å². The Labute approximate surface area is 224 Å². The van der Waals surface area contributed by atoms with E-state index in [1.165, 1.54) is 12.3 Å². The molecule has 3 N–H and O–H groups in total. The fourth-order valence-electron chi connectivity index (χ4n) is 4.21. The normalized spacial score (nSPS) is 12.4. The fourth-order valence-corrected chi connectivity index (χ4v) is 4.21. The molecule has 1 aliphatic heterocycles. The van der Waals surface area contributed by atoms with Gasteiger partial charge in [0, 0.05) is 48.8 Å². The first kappa shape index (κ1) is 25.5. The van der Waals surface area contributed by atoms with Crippen LogP contribution in [-0.2, 0) is 11.3 Å². The highest BCUT2D eigenvalue weighted by Gasteiger charge is 2.21. The molecule has 0 spiro atoms. The second-order valence-corrected chi connectivity index (χ2v) is 8.54. The van der Waals surface area contributed by atoms with E-state index in [0.717, 1.165) is 16.9 Å². The number of ether oxygens (including phenoxy) is 2. The summed E-state index contributed by atoms with van der Waals surface area (Å²) < 4.78 is 13.6. The summed E-state index contributed by atoms with van der Waals surface area (Å²) >= 11 is 0. The molecule has 3 heterocycles. The van der Waals surface area contributed by atoms with Gasteiger partial charge in [-0.2, -0.15) is 4.99 Å². The van der Waals surface area contributed by atoms with Gasteiger partial charge in [0.05, 0.1) is 12.7 Å². The van der Waals surface area contributed by atoms with Crippen molar-refractivity contribution in [1.82, 2.24) is 14.5 Å². The topological polar surface area (TPSA) is 132 Å². The Hall–Kier alpha value is -5.19. The fraction of sp³-hybridized carbons (Fsp3) is 0.179. The number of carbonyl (C=O) groups is 2. The maximum absolute atomic E-state index is 12.8. The second kappa shape index (κ2) is 11.5. The largest absolute Gasteiger partial charge is 0.491 e. The van der Waals surface area contributed by atoms with Crippen LogP contribution in [0.25, 0.3) is 10.9 Å². The lowest BCUT2D eigenvalue weighted by Crippen LogP contribution is -2.25. The summed E-state index contributed by atoms with van der Waals surface area (Å²) in [6.45, 7) is 5.64. The molecule has 2 aromatic heterocycles. The lowest BCUT2D eigenvalue weighted by molar-refractivity contribution is -0.111. The highest BCUT2D eigenvalue weighted by Crippen LogP contribution is 2.37. The van der Waals surface area contributed by atoms with Gasteiger partial charge >= 0.3 is 0 Å². The molecule has 0 saturated heterocycles. The molecule has 0 unspecified atom stereocenters. The summed E-state index contributed by atoms with van der Waals surface area (Å²) in [6, 6.07) is 14.4. The third-order valence-corrected chi connectivity index (χ3v) is 6.04. The number of pyridine rings is 1. The van der Waals surface area contributed by atoms with Gasteiger partial charge in [0.15, 0.2) is 11.5 Å². The molecular weight excluding hydrogens is 498 g/mol. The Bertz CT molecular complexity index is 1600. The van der Waals surface area contributed by atoms with E-state index in [-0.39, 0.29) is 11.5 Å². The van der Waals surface area contributed by atoms with Gasteiger partial charge in [0.2, 0.25) is 11.5 Å². The molecule has 2 aromatic carbocycles. The van der Waals surface area contributed by atoms with Crippen molar-refractivity contribution in [3.8, 4) is 11.5 Å². The summed E-state index contributed by atoms with van der Waals surface area (Å²) in [4.78, 5) is 37.2. The molecule has 0 radical (unpaired) electrons. The Morgan fingerprint density at radius 1 is 1.18 bits per heavy atom. The quantitative estimate of drug-likeness (QED) is 0.224.